The van der Waals surface area contributed by atoms with Crippen LogP contribution in [0.2, 0.25) is 0 Å². The standard InChI is InChI=1S/C19H24N4O/c1-14-5-3-7-16(9-14)11-20-18-10-17(21-13-22-18)19(24)23-8-4-6-15(2)12-23/h3,5,7,9-10,13,15H,4,6,8,11-12H2,1-2H3,(H,20,21,22). The summed E-state index contributed by atoms with van der Waals surface area (Å²) < 4.78 is 0. The molecule has 1 amide bonds. The maximum absolute atomic E-state index is 12.6. The Bertz CT molecular complexity index is 716. The molecule has 1 unspecified atom stereocenters. The van der Waals surface area contributed by atoms with Crippen LogP contribution in [-0.2, 0) is 6.54 Å². The van der Waals surface area contributed by atoms with E-state index in [2.05, 4.69) is 47.3 Å². The summed E-state index contributed by atoms with van der Waals surface area (Å²) in [6.07, 6.45) is 3.71. The van der Waals surface area contributed by atoms with Gasteiger partial charge in [-0.2, -0.15) is 0 Å². The zero-order valence-electron chi connectivity index (χ0n) is 14.3. The molecule has 1 aromatic carbocycles. The lowest BCUT2D eigenvalue weighted by Gasteiger charge is -2.30. The second-order valence-electron chi connectivity index (χ2n) is 6.63. The Kier molecular flexibility index (Phi) is 5.08. The first kappa shape index (κ1) is 16.4. The molecule has 0 bridgehead atoms. The Morgan fingerprint density at radius 1 is 1.33 bits per heavy atom. The molecule has 1 N–H and O–H groups in total. The molecule has 0 aliphatic carbocycles. The molecule has 0 saturated carbocycles. The first-order chi connectivity index (χ1) is 11.6. The predicted octanol–water partition coefficient (Wildman–Crippen LogP) is 3.27. The molecule has 0 radical (unpaired) electrons. The number of rotatable bonds is 4. The highest BCUT2D eigenvalue weighted by molar-refractivity contribution is 5.93. The summed E-state index contributed by atoms with van der Waals surface area (Å²) in [4.78, 5) is 22.9. The van der Waals surface area contributed by atoms with E-state index in [1.807, 2.05) is 11.0 Å². The fourth-order valence-corrected chi connectivity index (χ4v) is 3.12. The number of anilines is 1. The maximum Gasteiger partial charge on any atom is 0.272 e. The molecular weight excluding hydrogens is 300 g/mol. The predicted molar refractivity (Wildman–Crippen MR) is 94.8 cm³/mol. The molecule has 1 fully saturated rings. The van der Waals surface area contributed by atoms with Crippen molar-refractivity contribution in [2.24, 2.45) is 5.92 Å². The number of likely N-dealkylation sites (tertiary alicyclic amines) is 1. The summed E-state index contributed by atoms with van der Waals surface area (Å²) in [5, 5.41) is 3.27. The lowest BCUT2D eigenvalue weighted by molar-refractivity contribution is 0.0677. The average molecular weight is 324 g/mol. The first-order valence-electron chi connectivity index (χ1n) is 8.52. The third kappa shape index (κ3) is 4.10. The van der Waals surface area contributed by atoms with Crippen LogP contribution in [0, 0.1) is 12.8 Å². The summed E-state index contributed by atoms with van der Waals surface area (Å²) in [5.41, 5.74) is 2.88. The minimum Gasteiger partial charge on any atom is -0.366 e. The van der Waals surface area contributed by atoms with E-state index >= 15 is 0 Å². The van der Waals surface area contributed by atoms with Crippen molar-refractivity contribution in [1.29, 1.82) is 0 Å². The van der Waals surface area contributed by atoms with Crippen molar-refractivity contribution in [1.82, 2.24) is 14.9 Å². The van der Waals surface area contributed by atoms with Gasteiger partial charge in [-0.15, -0.1) is 0 Å². The van der Waals surface area contributed by atoms with Crippen molar-refractivity contribution < 1.29 is 4.79 Å². The van der Waals surface area contributed by atoms with Crippen molar-refractivity contribution in [2.75, 3.05) is 18.4 Å². The molecule has 5 heteroatoms. The van der Waals surface area contributed by atoms with E-state index in [-0.39, 0.29) is 5.91 Å². The van der Waals surface area contributed by atoms with Gasteiger partial charge in [-0.25, -0.2) is 9.97 Å². The number of aromatic nitrogens is 2. The Morgan fingerprint density at radius 2 is 2.21 bits per heavy atom. The van der Waals surface area contributed by atoms with Crippen LogP contribution in [0.25, 0.3) is 0 Å². The molecule has 5 nitrogen and oxygen atoms in total. The molecule has 3 rings (SSSR count). The van der Waals surface area contributed by atoms with Crippen LogP contribution < -0.4 is 5.32 Å². The SMILES string of the molecule is Cc1cccc(CNc2cc(C(=O)N3CCCC(C)C3)ncn2)c1. The highest BCUT2D eigenvalue weighted by atomic mass is 16.2. The van der Waals surface area contributed by atoms with E-state index in [9.17, 15) is 4.79 Å². The van der Waals surface area contributed by atoms with Gasteiger partial charge in [0.15, 0.2) is 0 Å². The normalized spacial score (nSPS) is 17.6. The minimum atomic E-state index is 0.00237. The summed E-state index contributed by atoms with van der Waals surface area (Å²) >= 11 is 0. The van der Waals surface area contributed by atoms with Crippen molar-refractivity contribution >= 4 is 11.7 Å². The van der Waals surface area contributed by atoms with E-state index in [1.165, 1.54) is 23.9 Å². The lowest BCUT2D eigenvalue weighted by Crippen LogP contribution is -2.39. The van der Waals surface area contributed by atoms with Gasteiger partial charge in [0.05, 0.1) is 0 Å². The lowest BCUT2D eigenvalue weighted by atomic mass is 10.00. The van der Waals surface area contributed by atoms with Crippen LogP contribution in [0.3, 0.4) is 0 Å². The van der Waals surface area contributed by atoms with E-state index in [1.54, 1.807) is 6.07 Å². The Labute approximate surface area is 143 Å². The number of carbonyl (C=O) groups is 1. The van der Waals surface area contributed by atoms with Crippen molar-refractivity contribution in [3.05, 3.63) is 53.5 Å². The van der Waals surface area contributed by atoms with Crippen LogP contribution >= 0.6 is 0 Å². The average Bonchev–Trinajstić information content (AvgIpc) is 2.60. The van der Waals surface area contributed by atoms with E-state index in [4.69, 9.17) is 0 Å². The fraction of sp³-hybridized carbons (Fsp3) is 0.421. The largest absolute Gasteiger partial charge is 0.366 e. The van der Waals surface area contributed by atoms with Gasteiger partial charge in [0.2, 0.25) is 0 Å². The van der Waals surface area contributed by atoms with Crippen molar-refractivity contribution in [3.63, 3.8) is 0 Å². The van der Waals surface area contributed by atoms with Gasteiger partial charge in [-0.1, -0.05) is 36.8 Å². The Hall–Kier alpha value is -2.43. The summed E-state index contributed by atoms with van der Waals surface area (Å²) in [5.74, 6) is 1.24. The Morgan fingerprint density at radius 3 is 3.00 bits per heavy atom. The molecule has 1 aliphatic heterocycles. The van der Waals surface area contributed by atoms with Crippen LogP contribution in [0.5, 0.6) is 0 Å². The topological polar surface area (TPSA) is 58.1 Å². The number of piperidine rings is 1. The highest BCUT2D eigenvalue weighted by Gasteiger charge is 2.23. The minimum absolute atomic E-state index is 0.00237. The third-order valence-electron chi connectivity index (χ3n) is 4.39. The van der Waals surface area contributed by atoms with Crippen LogP contribution in [0.1, 0.15) is 41.4 Å². The number of aryl methyl sites for hydroxylation is 1. The molecule has 126 valence electrons. The molecular formula is C19H24N4O. The Balaban J connectivity index is 1.66. The van der Waals surface area contributed by atoms with Gasteiger partial charge < -0.3 is 10.2 Å². The number of amides is 1. The van der Waals surface area contributed by atoms with E-state index < -0.39 is 0 Å². The van der Waals surface area contributed by atoms with Gasteiger partial charge in [0, 0.05) is 25.7 Å². The fourth-order valence-electron chi connectivity index (χ4n) is 3.12. The number of carbonyl (C=O) groups excluding carboxylic acids is 1. The second-order valence-corrected chi connectivity index (χ2v) is 6.63. The first-order valence-corrected chi connectivity index (χ1v) is 8.52. The molecule has 1 saturated heterocycles. The molecule has 0 spiro atoms. The summed E-state index contributed by atoms with van der Waals surface area (Å²) in [6.45, 7) is 6.57. The zero-order chi connectivity index (χ0) is 16.9. The molecule has 1 aliphatic rings. The number of nitrogens with zero attached hydrogens (tertiary/aromatic N) is 3. The van der Waals surface area contributed by atoms with Gasteiger partial charge >= 0.3 is 0 Å². The van der Waals surface area contributed by atoms with Crippen molar-refractivity contribution in [3.8, 4) is 0 Å². The zero-order valence-corrected chi connectivity index (χ0v) is 14.3. The molecule has 2 heterocycles. The van der Waals surface area contributed by atoms with Gasteiger partial charge in [-0.05, 0) is 31.2 Å². The molecule has 24 heavy (non-hydrogen) atoms. The molecule has 1 atom stereocenters. The van der Waals surface area contributed by atoms with E-state index in [0.717, 1.165) is 19.5 Å². The third-order valence-corrected chi connectivity index (χ3v) is 4.39. The van der Waals surface area contributed by atoms with Crippen molar-refractivity contribution in [2.45, 2.75) is 33.2 Å². The molecule has 2 aromatic rings. The van der Waals surface area contributed by atoms with Crippen LogP contribution in [0.4, 0.5) is 5.82 Å². The number of hydrogen-bond acceptors (Lipinski definition) is 4. The summed E-state index contributed by atoms with van der Waals surface area (Å²) in [6, 6.07) is 10.1. The second kappa shape index (κ2) is 7.43. The maximum atomic E-state index is 12.6. The molecule has 1 aromatic heterocycles. The monoisotopic (exact) mass is 324 g/mol. The van der Waals surface area contributed by atoms with Gasteiger partial charge in [0.1, 0.15) is 17.8 Å². The van der Waals surface area contributed by atoms with Gasteiger partial charge in [0.25, 0.3) is 5.91 Å². The van der Waals surface area contributed by atoms with E-state index in [0.29, 0.717) is 24.0 Å². The van der Waals surface area contributed by atoms with Gasteiger partial charge in [-0.3, -0.25) is 4.79 Å². The number of benzene rings is 1. The highest BCUT2D eigenvalue weighted by Crippen LogP contribution is 2.18. The van der Waals surface area contributed by atoms with Crippen LogP contribution in [0.15, 0.2) is 36.7 Å². The summed E-state index contributed by atoms with van der Waals surface area (Å²) in [7, 11) is 0. The smallest absolute Gasteiger partial charge is 0.272 e. The van der Waals surface area contributed by atoms with Crippen LogP contribution in [-0.4, -0.2) is 33.9 Å². The number of hydrogen-bond donors (Lipinski definition) is 1. The quantitative estimate of drug-likeness (QED) is 0.938. The number of nitrogens with one attached hydrogen (secondary N) is 1.